The highest BCUT2D eigenvalue weighted by molar-refractivity contribution is 7.99. The maximum atomic E-state index is 12.0. The van der Waals surface area contributed by atoms with Gasteiger partial charge in [-0.15, -0.1) is 0 Å². The minimum Gasteiger partial charge on any atom is -0.326 e. The van der Waals surface area contributed by atoms with Crippen LogP contribution in [0.4, 0.5) is 13.2 Å². The van der Waals surface area contributed by atoms with E-state index in [4.69, 9.17) is 5.73 Å². The van der Waals surface area contributed by atoms with Crippen LogP contribution in [0.3, 0.4) is 0 Å². The molecule has 0 aromatic rings. The van der Waals surface area contributed by atoms with Gasteiger partial charge in [-0.05, 0) is 19.9 Å². The molecule has 0 amide bonds. The van der Waals surface area contributed by atoms with Crippen molar-refractivity contribution in [1.82, 2.24) is 4.90 Å². The van der Waals surface area contributed by atoms with Crippen LogP contribution in [0, 0.1) is 0 Å². The summed E-state index contributed by atoms with van der Waals surface area (Å²) in [6, 6.07) is 0.0899. The van der Waals surface area contributed by atoms with Crippen LogP contribution in [0.25, 0.3) is 0 Å². The van der Waals surface area contributed by atoms with Gasteiger partial charge in [0.25, 0.3) is 0 Å². The molecule has 1 aliphatic rings. The fraction of sp³-hybridized carbons (Fsp3) is 1.00. The van der Waals surface area contributed by atoms with E-state index in [9.17, 15) is 13.2 Å². The SMILES string of the molecule is CN1CCSCC1C(N)CCCC(F)(F)F. The molecule has 1 aliphatic heterocycles. The molecule has 96 valence electrons. The van der Waals surface area contributed by atoms with E-state index in [0.29, 0.717) is 6.42 Å². The Morgan fingerprint density at radius 2 is 2.19 bits per heavy atom. The van der Waals surface area contributed by atoms with E-state index in [2.05, 4.69) is 4.90 Å². The quantitative estimate of drug-likeness (QED) is 0.835. The molecule has 1 rings (SSSR count). The third kappa shape index (κ3) is 4.93. The van der Waals surface area contributed by atoms with Crippen LogP contribution in [0.15, 0.2) is 0 Å². The Kier molecular flexibility index (Phi) is 5.40. The van der Waals surface area contributed by atoms with Crippen LogP contribution in [0.2, 0.25) is 0 Å². The molecule has 0 radical (unpaired) electrons. The molecule has 6 heteroatoms. The molecule has 0 bridgehead atoms. The first-order chi connectivity index (χ1) is 7.40. The molecule has 2 N–H and O–H groups in total. The summed E-state index contributed by atoms with van der Waals surface area (Å²) in [6.45, 7) is 0.975. The first-order valence-electron chi connectivity index (χ1n) is 5.50. The molecule has 1 fully saturated rings. The van der Waals surface area contributed by atoms with Crippen LogP contribution in [-0.4, -0.2) is 48.3 Å². The number of likely N-dealkylation sites (N-methyl/N-ethyl adjacent to an activating group) is 1. The molecule has 16 heavy (non-hydrogen) atoms. The van der Waals surface area contributed by atoms with Gasteiger partial charge in [0.2, 0.25) is 0 Å². The third-order valence-corrected chi connectivity index (χ3v) is 3.98. The van der Waals surface area contributed by atoms with Gasteiger partial charge in [0.1, 0.15) is 0 Å². The molecular weight excluding hydrogens is 237 g/mol. The molecular formula is C10H19F3N2S. The highest BCUT2D eigenvalue weighted by Crippen LogP contribution is 2.24. The second-order valence-corrected chi connectivity index (χ2v) is 5.44. The van der Waals surface area contributed by atoms with Gasteiger partial charge < -0.3 is 10.6 Å². The van der Waals surface area contributed by atoms with Gasteiger partial charge in [-0.3, -0.25) is 0 Å². The van der Waals surface area contributed by atoms with E-state index in [1.165, 1.54) is 0 Å². The van der Waals surface area contributed by atoms with Crippen LogP contribution in [0.1, 0.15) is 19.3 Å². The Balaban J connectivity index is 2.25. The Bertz CT molecular complexity index is 211. The van der Waals surface area contributed by atoms with Crippen LogP contribution < -0.4 is 5.73 Å². The molecule has 0 saturated carbocycles. The zero-order valence-electron chi connectivity index (χ0n) is 9.46. The number of nitrogens with zero attached hydrogens (tertiary/aromatic N) is 1. The number of thioether (sulfide) groups is 1. The minimum absolute atomic E-state index is 0.139. The topological polar surface area (TPSA) is 29.3 Å². The summed E-state index contributed by atoms with van der Waals surface area (Å²) < 4.78 is 35.9. The summed E-state index contributed by atoms with van der Waals surface area (Å²) in [7, 11) is 1.99. The van der Waals surface area contributed by atoms with E-state index < -0.39 is 12.6 Å². The second kappa shape index (κ2) is 6.12. The van der Waals surface area contributed by atoms with Crippen molar-refractivity contribution in [3.63, 3.8) is 0 Å². The Labute approximate surface area is 98.7 Å². The van der Waals surface area contributed by atoms with Crippen LogP contribution >= 0.6 is 11.8 Å². The number of rotatable bonds is 4. The van der Waals surface area contributed by atoms with E-state index in [1.807, 2.05) is 18.8 Å². The van der Waals surface area contributed by atoms with Gasteiger partial charge in [0.15, 0.2) is 0 Å². The molecule has 2 nitrogen and oxygen atoms in total. The van der Waals surface area contributed by atoms with Crippen molar-refractivity contribution in [3.05, 3.63) is 0 Å². The monoisotopic (exact) mass is 256 g/mol. The Morgan fingerprint density at radius 3 is 2.75 bits per heavy atom. The average Bonchev–Trinajstić information content (AvgIpc) is 2.16. The Hall–Kier alpha value is 0.0600. The lowest BCUT2D eigenvalue weighted by atomic mass is 10.0. The summed E-state index contributed by atoms with van der Waals surface area (Å²) in [5.41, 5.74) is 5.95. The fourth-order valence-electron chi connectivity index (χ4n) is 1.89. The first kappa shape index (κ1) is 14.1. The largest absolute Gasteiger partial charge is 0.389 e. The van der Waals surface area contributed by atoms with E-state index in [1.54, 1.807) is 0 Å². The van der Waals surface area contributed by atoms with E-state index in [0.717, 1.165) is 18.1 Å². The van der Waals surface area contributed by atoms with Gasteiger partial charge >= 0.3 is 6.18 Å². The van der Waals surface area contributed by atoms with Crippen molar-refractivity contribution in [2.45, 2.75) is 37.5 Å². The molecule has 2 atom stereocenters. The predicted molar refractivity (Wildman–Crippen MR) is 61.6 cm³/mol. The van der Waals surface area contributed by atoms with Gasteiger partial charge in [-0.1, -0.05) is 0 Å². The van der Waals surface area contributed by atoms with Crippen molar-refractivity contribution in [2.75, 3.05) is 25.1 Å². The number of nitrogens with two attached hydrogens (primary N) is 1. The molecule has 1 heterocycles. The predicted octanol–water partition coefficient (Wildman–Crippen LogP) is 2.09. The lowest BCUT2D eigenvalue weighted by Gasteiger charge is -2.36. The normalized spacial score (nSPS) is 25.7. The van der Waals surface area contributed by atoms with Crippen molar-refractivity contribution >= 4 is 11.8 Å². The highest BCUT2D eigenvalue weighted by atomic mass is 32.2. The summed E-state index contributed by atoms with van der Waals surface area (Å²) in [5, 5.41) is 0. The van der Waals surface area contributed by atoms with Crippen molar-refractivity contribution < 1.29 is 13.2 Å². The number of hydrogen-bond acceptors (Lipinski definition) is 3. The highest BCUT2D eigenvalue weighted by Gasteiger charge is 2.29. The smallest absolute Gasteiger partial charge is 0.326 e. The first-order valence-corrected chi connectivity index (χ1v) is 6.66. The maximum Gasteiger partial charge on any atom is 0.389 e. The zero-order chi connectivity index (χ0) is 12.2. The van der Waals surface area contributed by atoms with Gasteiger partial charge in [-0.2, -0.15) is 24.9 Å². The molecule has 2 unspecified atom stereocenters. The van der Waals surface area contributed by atoms with E-state index >= 15 is 0 Å². The Morgan fingerprint density at radius 1 is 1.50 bits per heavy atom. The molecule has 0 aliphatic carbocycles. The lowest BCUT2D eigenvalue weighted by Crippen LogP contribution is -2.50. The molecule has 0 aromatic carbocycles. The molecule has 1 saturated heterocycles. The van der Waals surface area contributed by atoms with Gasteiger partial charge in [0.05, 0.1) is 0 Å². The molecule has 0 spiro atoms. The summed E-state index contributed by atoms with van der Waals surface area (Å²) >= 11 is 1.83. The van der Waals surface area contributed by atoms with Crippen LogP contribution in [0.5, 0.6) is 0 Å². The summed E-state index contributed by atoms with van der Waals surface area (Å²) in [5.74, 6) is 2.02. The third-order valence-electron chi connectivity index (χ3n) is 2.94. The molecule has 0 aromatic heterocycles. The second-order valence-electron chi connectivity index (χ2n) is 4.29. The van der Waals surface area contributed by atoms with E-state index in [-0.39, 0.29) is 18.5 Å². The van der Waals surface area contributed by atoms with Crippen molar-refractivity contribution in [3.8, 4) is 0 Å². The number of halogens is 3. The summed E-state index contributed by atoms with van der Waals surface area (Å²) in [6.07, 6.45) is -4.17. The van der Waals surface area contributed by atoms with Crippen molar-refractivity contribution in [1.29, 1.82) is 0 Å². The number of hydrogen-bond donors (Lipinski definition) is 1. The fourth-order valence-corrected chi connectivity index (χ4v) is 3.21. The average molecular weight is 256 g/mol. The number of alkyl halides is 3. The van der Waals surface area contributed by atoms with Gasteiger partial charge in [-0.25, -0.2) is 0 Å². The van der Waals surface area contributed by atoms with Crippen LogP contribution in [-0.2, 0) is 0 Å². The lowest BCUT2D eigenvalue weighted by molar-refractivity contribution is -0.135. The van der Waals surface area contributed by atoms with Crippen molar-refractivity contribution in [2.24, 2.45) is 5.73 Å². The maximum absolute atomic E-state index is 12.0. The van der Waals surface area contributed by atoms with Gasteiger partial charge in [0, 0.05) is 36.6 Å². The standard InChI is InChI=1S/C10H19F3N2S/c1-15-5-6-16-7-9(15)8(14)3-2-4-10(11,12)13/h8-9H,2-7,14H2,1H3. The summed E-state index contributed by atoms with van der Waals surface area (Å²) in [4.78, 5) is 2.16. The minimum atomic E-state index is -4.05. The zero-order valence-corrected chi connectivity index (χ0v) is 10.3.